The molecule has 0 aliphatic carbocycles. The number of carbonyl (C=O) groups is 1. The lowest BCUT2D eigenvalue weighted by atomic mass is 10.1. The molecule has 5 heteroatoms. The highest BCUT2D eigenvalue weighted by Gasteiger charge is 2.26. The molecule has 1 aliphatic heterocycles. The Hall–Kier alpha value is -1.27. The van der Waals surface area contributed by atoms with Crippen molar-refractivity contribution in [1.29, 1.82) is 0 Å². The molecule has 0 atom stereocenters. The first-order valence-electron chi connectivity index (χ1n) is 6.52. The third-order valence-electron chi connectivity index (χ3n) is 3.40. The number of fused-ring (bicyclic) bond motifs is 1. The quantitative estimate of drug-likeness (QED) is 0.691. The summed E-state index contributed by atoms with van der Waals surface area (Å²) < 4.78 is 6.58. The van der Waals surface area contributed by atoms with E-state index in [0.29, 0.717) is 11.6 Å². The van der Waals surface area contributed by atoms with E-state index in [1.54, 1.807) is 4.90 Å². The molecule has 0 radical (unpaired) electrons. The number of nitrogens with zero attached hydrogens (tertiary/aromatic N) is 1. The van der Waals surface area contributed by atoms with Crippen molar-refractivity contribution < 1.29 is 9.53 Å². The smallest absolute Gasteiger partial charge is 0.265 e. The first-order valence-corrected chi connectivity index (χ1v) is 7.98. The molecule has 0 fully saturated rings. The fourth-order valence-corrected chi connectivity index (χ4v) is 3.06. The predicted octanol–water partition coefficient (Wildman–Crippen LogP) is 4.18. The van der Waals surface area contributed by atoms with Gasteiger partial charge in [-0.3, -0.25) is 4.79 Å². The Bertz CT molecular complexity index is 717. The monoisotopic (exact) mass is 413 g/mol. The maximum atomic E-state index is 12.2. The topological polar surface area (TPSA) is 29.5 Å². The van der Waals surface area contributed by atoms with Crippen LogP contribution < -0.4 is 9.64 Å². The summed E-state index contributed by atoms with van der Waals surface area (Å²) in [5.41, 5.74) is 2.83. The van der Waals surface area contributed by atoms with E-state index in [4.69, 9.17) is 16.3 Å². The number of hydrogen-bond acceptors (Lipinski definition) is 2. The molecule has 1 amide bonds. The molecule has 21 heavy (non-hydrogen) atoms. The number of halogens is 2. The summed E-state index contributed by atoms with van der Waals surface area (Å²) in [6.45, 7) is 2.51. The summed E-state index contributed by atoms with van der Waals surface area (Å²) >= 11 is 8.50. The van der Waals surface area contributed by atoms with Gasteiger partial charge < -0.3 is 9.64 Å². The number of amides is 1. The molecule has 0 N–H and O–H groups in total. The molecule has 0 saturated carbocycles. The van der Waals surface area contributed by atoms with E-state index in [9.17, 15) is 4.79 Å². The van der Waals surface area contributed by atoms with Gasteiger partial charge in [0.25, 0.3) is 5.91 Å². The number of benzene rings is 2. The van der Waals surface area contributed by atoms with Crippen molar-refractivity contribution in [1.82, 2.24) is 0 Å². The van der Waals surface area contributed by atoms with Gasteiger partial charge in [-0.05, 0) is 64.9 Å². The number of anilines is 1. The van der Waals surface area contributed by atoms with Crippen LogP contribution in [0, 0.1) is 10.5 Å². The zero-order valence-electron chi connectivity index (χ0n) is 11.4. The molecule has 0 spiro atoms. The Kier molecular flexibility index (Phi) is 4.08. The molecule has 0 bridgehead atoms. The van der Waals surface area contributed by atoms with Crippen LogP contribution in [0.3, 0.4) is 0 Å². The third kappa shape index (κ3) is 3.01. The van der Waals surface area contributed by atoms with Gasteiger partial charge in [0, 0.05) is 8.59 Å². The minimum atomic E-state index is -0.0552. The standard InChI is InChI=1S/C16H13ClINO2/c1-10-2-3-11(13(17)6-10)8-19-14-5-4-12(18)7-15(14)21-9-16(19)20/h2-7H,8-9H2,1H3. The lowest BCUT2D eigenvalue weighted by Crippen LogP contribution is -2.38. The van der Waals surface area contributed by atoms with Crippen LogP contribution in [0.1, 0.15) is 11.1 Å². The van der Waals surface area contributed by atoms with Gasteiger partial charge >= 0.3 is 0 Å². The fourth-order valence-electron chi connectivity index (χ4n) is 2.30. The average Bonchev–Trinajstić information content (AvgIpc) is 2.44. The van der Waals surface area contributed by atoms with Crippen LogP contribution in [0.4, 0.5) is 5.69 Å². The molecular formula is C16H13ClINO2. The van der Waals surface area contributed by atoms with E-state index in [0.717, 1.165) is 26.1 Å². The molecule has 1 aliphatic rings. The second-order valence-corrected chi connectivity index (χ2v) is 6.63. The van der Waals surface area contributed by atoms with Crippen LogP contribution in [-0.4, -0.2) is 12.5 Å². The SMILES string of the molecule is Cc1ccc(CN2C(=O)COc3cc(I)ccc32)c(Cl)c1. The summed E-state index contributed by atoms with van der Waals surface area (Å²) in [7, 11) is 0. The van der Waals surface area contributed by atoms with Gasteiger partial charge in [-0.15, -0.1) is 0 Å². The third-order valence-corrected chi connectivity index (χ3v) is 4.42. The van der Waals surface area contributed by atoms with Crippen LogP contribution in [-0.2, 0) is 11.3 Å². The van der Waals surface area contributed by atoms with Crippen LogP contribution in [0.15, 0.2) is 36.4 Å². The summed E-state index contributed by atoms with van der Waals surface area (Å²) in [4.78, 5) is 13.9. The van der Waals surface area contributed by atoms with E-state index in [-0.39, 0.29) is 12.5 Å². The average molecular weight is 414 g/mol. The molecule has 0 aromatic heterocycles. The fraction of sp³-hybridized carbons (Fsp3) is 0.188. The number of hydrogen-bond donors (Lipinski definition) is 0. The van der Waals surface area contributed by atoms with E-state index < -0.39 is 0 Å². The van der Waals surface area contributed by atoms with Crippen LogP contribution in [0.2, 0.25) is 5.02 Å². The van der Waals surface area contributed by atoms with E-state index in [2.05, 4.69) is 22.6 Å². The maximum Gasteiger partial charge on any atom is 0.265 e. The Morgan fingerprint density at radius 2 is 2.10 bits per heavy atom. The normalized spacial score (nSPS) is 13.9. The van der Waals surface area contributed by atoms with Gasteiger partial charge in [-0.2, -0.15) is 0 Å². The van der Waals surface area contributed by atoms with Crippen molar-refractivity contribution >= 4 is 45.8 Å². The maximum absolute atomic E-state index is 12.2. The number of carbonyl (C=O) groups excluding carboxylic acids is 1. The molecule has 2 aromatic rings. The number of ether oxygens (including phenoxy) is 1. The predicted molar refractivity (Wildman–Crippen MR) is 92.0 cm³/mol. The zero-order valence-corrected chi connectivity index (χ0v) is 14.3. The second-order valence-electron chi connectivity index (χ2n) is 4.98. The summed E-state index contributed by atoms with van der Waals surface area (Å²) in [5, 5.41) is 0.682. The molecule has 108 valence electrons. The summed E-state index contributed by atoms with van der Waals surface area (Å²) in [6.07, 6.45) is 0. The molecular weight excluding hydrogens is 401 g/mol. The van der Waals surface area contributed by atoms with Crippen molar-refractivity contribution in [3.05, 3.63) is 56.1 Å². The molecule has 3 rings (SSSR count). The van der Waals surface area contributed by atoms with Crippen LogP contribution in [0.25, 0.3) is 0 Å². The number of rotatable bonds is 2. The lowest BCUT2D eigenvalue weighted by Gasteiger charge is -2.29. The minimum Gasteiger partial charge on any atom is -0.482 e. The van der Waals surface area contributed by atoms with Crippen molar-refractivity contribution in [3.63, 3.8) is 0 Å². The highest BCUT2D eigenvalue weighted by atomic mass is 127. The van der Waals surface area contributed by atoms with E-state index in [1.807, 2.05) is 43.3 Å². The molecule has 3 nitrogen and oxygen atoms in total. The second kappa shape index (κ2) is 5.85. The molecule has 0 unspecified atom stereocenters. The molecule has 0 saturated heterocycles. The van der Waals surface area contributed by atoms with Gasteiger partial charge in [0.05, 0.1) is 12.2 Å². The van der Waals surface area contributed by atoms with Gasteiger partial charge in [-0.1, -0.05) is 23.7 Å². The van der Waals surface area contributed by atoms with Crippen molar-refractivity contribution in [2.75, 3.05) is 11.5 Å². The Morgan fingerprint density at radius 1 is 1.29 bits per heavy atom. The summed E-state index contributed by atoms with van der Waals surface area (Å²) in [5.74, 6) is 0.685. The van der Waals surface area contributed by atoms with E-state index >= 15 is 0 Å². The largest absolute Gasteiger partial charge is 0.482 e. The first-order chi connectivity index (χ1) is 10.0. The highest BCUT2D eigenvalue weighted by Crippen LogP contribution is 2.35. The van der Waals surface area contributed by atoms with Gasteiger partial charge in [0.1, 0.15) is 5.75 Å². The Balaban J connectivity index is 1.96. The Morgan fingerprint density at radius 3 is 2.86 bits per heavy atom. The van der Waals surface area contributed by atoms with Crippen molar-refractivity contribution in [2.45, 2.75) is 13.5 Å². The minimum absolute atomic E-state index is 0.0552. The van der Waals surface area contributed by atoms with Crippen LogP contribution in [0.5, 0.6) is 5.75 Å². The zero-order chi connectivity index (χ0) is 15.0. The summed E-state index contributed by atoms with van der Waals surface area (Å²) in [6, 6.07) is 11.7. The number of aryl methyl sites for hydroxylation is 1. The van der Waals surface area contributed by atoms with Crippen molar-refractivity contribution in [3.8, 4) is 5.75 Å². The van der Waals surface area contributed by atoms with Gasteiger partial charge in [0.15, 0.2) is 6.61 Å². The highest BCUT2D eigenvalue weighted by molar-refractivity contribution is 14.1. The van der Waals surface area contributed by atoms with Gasteiger partial charge in [0.2, 0.25) is 0 Å². The van der Waals surface area contributed by atoms with Crippen LogP contribution >= 0.6 is 34.2 Å². The Labute approximate surface area is 142 Å². The van der Waals surface area contributed by atoms with Crippen molar-refractivity contribution in [2.24, 2.45) is 0 Å². The lowest BCUT2D eigenvalue weighted by molar-refractivity contribution is -0.121. The van der Waals surface area contributed by atoms with Gasteiger partial charge in [-0.25, -0.2) is 0 Å². The first kappa shape index (κ1) is 14.7. The van der Waals surface area contributed by atoms with E-state index in [1.165, 1.54) is 0 Å². The molecule has 2 aromatic carbocycles. The molecule has 1 heterocycles.